The third kappa shape index (κ3) is 3.65. The van der Waals surface area contributed by atoms with Crippen LogP contribution in [0.25, 0.3) is 0 Å². The van der Waals surface area contributed by atoms with Gasteiger partial charge < -0.3 is 9.57 Å². The van der Waals surface area contributed by atoms with E-state index >= 15 is 0 Å². The molecule has 0 amide bonds. The van der Waals surface area contributed by atoms with E-state index in [0.29, 0.717) is 11.3 Å². The van der Waals surface area contributed by atoms with Crippen LogP contribution in [-0.4, -0.2) is 34.2 Å². The summed E-state index contributed by atoms with van der Waals surface area (Å²) in [5.74, 6) is 0.668. The molecule has 1 aromatic carbocycles. The molecule has 2 rings (SSSR count). The van der Waals surface area contributed by atoms with Gasteiger partial charge in [-0.05, 0) is 24.3 Å². The maximum Gasteiger partial charge on any atom is 0.239 e. The van der Waals surface area contributed by atoms with Gasteiger partial charge in [-0.1, -0.05) is 17.8 Å². The number of aromatic nitrogens is 3. The van der Waals surface area contributed by atoms with Crippen LogP contribution in [0.3, 0.4) is 0 Å². The zero-order valence-corrected chi connectivity index (χ0v) is 11.5. The highest BCUT2D eigenvalue weighted by atomic mass is 19.1. The van der Waals surface area contributed by atoms with Gasteiger partial charge in [0, 0.05) is 5.56 Å². The fourth-order valence-electron chi connectivity index (χ4n) is 1.61. The molecule has 0 fully saturated rings. The Morgan fingerprint density at radius 2 is 2.24 bits per heavy atom. The van der Waals surface area contributed by atoms with Crippen molar-refractivity contribution in [3.8, 4) is 5.75 Å². The Kier molecular flexibility index (Phi) is 5.03. The van der Waals surface area contributed by atoms with E-state index in [1.807, 2.05) is 0 Å². The summed E-state index contributed by atoms with van der Waals surface area (Å²) in [7, 11) is 1.56. The van der Waals surface area contributed by atoms with Crippen molar-refractivity contribution in [1.82, 2.24) is 14.8 Å². The zero-order chi connectivity index (χ0) is 15.1. The van der Waals surface area contributed by atoms with Crippen LogP contribution in [0.1, 0.15) is 11.9 Å². The van der Waals surface area contributed by atoms with Gasteiger partial charge in [-0.15, -0.1) is 0 Å². The molecule has 0 saturated carbocycles. The average Bonchev–Trinajstić information content (AvgIpc) is 3.06. The van der Waals surface area contributed by atoms with Gasteiger partial charge in [0.1, 0.15) is 30.7 Å². The van der Waals surface area contributed by atoms with Crippen molar-refractivity contribution in [2.45, 2.75) is 6.30 Å². The van der Waals surface area contributed by atoms with Gasteiger partial charge in [-0.25, -0.2) is 14.1 Å². The second kappa shape index (κ2) is 7.18. The van der Waals surface area contributed by atoms with Gasteiger partial charge in [0.15, 0.2) is 0 Å². The summed E-state index contributed by atoms with van der Waals surface area (Å²) < 4.78 is 20.7. The predicted molar refractivity (Wildman–Crippen MR) is 75.8 cm³/mol. The van der Waals surface area contributed by atoms with Crippen molar-refractivity contribution in [2.75, 3.05) is 13.7 Å². The lowest BCUT2D eigenvalue weighted by Crippen LogP contribution is -2.17. The molecule has 2 aromatic rings. The lowest BCUT2D eigenvalue weighted by Gasteiger charge is -2.12. The molecule has 0 spiro atoms. The van der Waals surface area contributed by atoms with Crippen LogP contribution in [0, 0.1) is 0 Å². The van der Waals surface area contributed by atoms with E-state index in [9.17, 15) is 4.39 Å². The van der Waals surface area contributed by atoms with E-state index in [0.717, 1.165) is 4.68 Å². The first kappa shape index (κ1) is 14.7. The molecule has 0 aliphatic carbocycles. The second-order valence-electron chi connectivity index (χ2n) is 4.00. The Morgan fingerprint density at radius 3 is 2.81 bits per heavy atom. The number of rotatable bonds is 7. The van der Waals surface area contributed by atoms with Crippen molar-refractivity contribution < 1.29 is 14.0 Å². The van der Waals surface area contributed by atoms with E-state index in [1.165, 1.54) is 18.7 Å². The van der Waals surface area contributed by atoms with Crippen LogP contribution in [0.2, 0.25) is 0 Å². The first-order valence-electron chi connectivity index (χ1n) is 6.19. The Hall–Kier alpha value is -2.70. The molecule has 21 heavy (non-hydrogen) atoms. The van der Waals surface area contributed by atoms with Crippen molar-refractivity contribution in [1.29, 1.82) is 0 Å². The summed E-state index contributed by atoms with van der Waals surface area (Å²) in [6, 6.07) is 6.82. The monoisotopic (exact) mass is 290 g/mol. The van der Waals surface area contributed by atoms with Crippen LogP contribution >= 0.6 is 0 Å². The van der Waals surface area contributed by atoms with E-state index in [1.54, 1.807) is 31.4 Å². The minimum atomic E-state index is -1.61. The normalized spacial score (nSPS) is 12.8. The van der Waals surface area contributed by atoms with Gasteiger partial charge in [0.2, 0.25) is 6.30 Å². The summed E-state index contributed by atoms with van der Waals surface area (Å²) in [4.78, 5) is 8.74. The maximum atomic E-state index is 14.5. The highest BCUT2D eigenvalue weighted by Gasteiger charge is 2.20. The number of halogens is 1. The van der Waals surface area contributed by atoms with Crippen LogP contribution < -0.4 is 4.74 Å². The molecular formula is C14H15FN4O2. The SMILES string of the molecule is C=CCON=C(c1ccc(OC)cc1)C(F)n1cncn1. The summed E-state index contributed by atoms with van der Waals surface area (Å²) >= 11 is 0. The maximum absolute atomic E-state index is 14.5. The Labute approximate surface area is 121 Å². The molecule has 110 valence electrons. The lowest BCUT2D eigenvalue weighted by atomic mass is 10.1. The molecule has 1 atom stereocenters. The van der Waals surface area contributed by atoms with E-state index < -0.39 is 6.30 Å². The predicted octanol–water partition coefficient (Wildman–Crippen LogP) is 2.36. The highest BCUT2D eigenvalue weighted by molar-refractivity contribution is 6.02. The van der Waals surface area contributed by atoms with Crippen molar-refractivity contribution in [3.05, 3.63) is 55.1 Å². The molecule has 0 aliphatic rings. The first-order chi connectivity index (χ1) is 10.3. The minimum Gasteiger partial charge on any atom is -0.497 e. The third-order valence-electron chi connectivity index (χ3n) is 2.64. The van der Waals surface area contributed by atoms with E-state index in [-0.39, 0.29) is 12.3 Å². The van der Waals surface area contributed by atoms with Crippen molar-refractivity contribution in [2.24, 2.45) is 5.16 Å². The topological polar surface area (TPSA) is 61.5 Å². The van der Waals surface area contributed by atoms with E-state index in [4.69, 9.17) is 9.57 Å². The van der Waals surface area contributed by atoms with Gasteiger partial charge in [-0.2, -0.15) is 5.10 Å². The van der Waals surface area contributed by atoms with E-state index in [2.05, 4.69) is 21.8 Å². The van der Waals surface area contributed by atoms with Crippen molar-refractivity contribution in [3.63, 3.8) is 0 Å². The molecule has 0 radical (unpaired) electrons. The molecule has 0 bridgehead atoms. The van der Waals surface area contributed by atoms with Crippen LogP contribution in [-0.2, 0) is 4.84 Å². The van der Waals surface area contributed by atoms with Crippen molar-refractivity contribution >= 4 is 5.71 Å². The Balaban J connectivity index is 2.30. The number of alkyl halides is 1. The number of benzene rings is 1. The summed E-state index contributed by atoms with van der Waals surface area (Å²) in [6.07, 6.45) is 2.45. The summed E-state index contributed by atoms with van der Waals surface area (Å²) in [6.45, 7) is 3.70. The average molecular weight is 290 g/mol. The first-order valence-corrected chi connectivity index (χ1v) is 6.19. The van der Waals surface area contributed by atoms with Gasteiger partial charge in [-0.3, -0.25) is 0 Å². The minimum absolute atomic E-state index is 0.0880. The molecule has 6 nitrogen and oxygen atoms in total. The molecule has 1 unspecified atom stereocenters. The summed E-state index contributed by atoms with van der Waals surface area (Å²) in [5.41, 5.74) is 0.646. The number of hydrogen-bond acceptors (Lipinski definition) is 5. The molecule has 1 heterocycles. The lowest BCUT2D eigenvalue weighted by molar-refractivity contribution is 0.168. The molecule has 7 heteroatoms. The Bertz CT molecular complexity index is 596. The van der Waals surface area contributed by atoms with Gasteiger partial charge in [0.05, 0.1) is 7.11 Å². The third-order valence-corrected chi connectivity index (χ3v) is 2.64. The zero-order valence-electron chi connectivity index (χ0n) is 11.5. The quantitative estimate of drug-likeness (QED) is 0.340. The van der Waals surface area contributed by atoms with Crippen LogP contribution in [0.15, 0.2) is 54.7 Å². The standard InChI is InChI=1S/C14H15FN4O2/c1-3-8-21-18-13(14(15)19-10-16-9-17-19)11-4-6-12(20-2)7-5-11/h3-7,9-10,14H,1,8H2,2H3. The largest absolute Gasteiger partial charge is 0.497 e. The molecule has 0 N–H and O–H groups in total. The number of methoxy groups -OCH3 is 1. The molecule has 0 aliphatic heterocycles. The fraction of sp³-hybridized carbons (Fsp3) is 0.214. The molecular weight excluding hydrogens is 275 g/mol. The summed E-state index contributed by atoms with van der Waals surface area (Å²) in [5, 5.41) is 7.61. The number of oxime groups is 1. The van der Waals surface area contributed by atoms with Crippen LogP contribution in [0.4, 0.5) is 4.39 Å². The smallest absolute Gasteiger partial charge is 0.239 e. The van der Waals surface area contributed by atoms with Crippen LogP contribution in [0.5, 0.6) is 5.75 Å². The number of hydrogen-bond donors (Lipinski definition) is 0. The Morgan fingerprint density at radius 1 is 1.48 bits per heavy atom. The fourth-order valence-corrected chi connectivity index (χ4v) is 1.61. The number of ether oxygens (including phenoxy) is 1. The second-order valence-corrected chi connectivity index (χ2v) is 4.00. The van der Waals surface area contributed by atoms with Gasteiger partial charge in [0.25, 0.3) is 0 Å². The van der Waals surface area contributed by atoms with Gasteiger partial charge >= 0.3 is 0 Å². The number of nitrogens with zero attached hydrogens (tertiary/aromatic N) is 4. The molecule has 0 saturated heterocycles. The molecule has 1 aromatic heterocycles. The highest BCUT2D eigenvalue weighted by Crippen LogP contribution is 2.19.